The first-order valence-corrected chi connectivity index (χ1v) is 6.67. The Bertz CT molecular complexity index is 554. The SMILES string of the molecule is CC(=O)c1cccc(NC(=O)N2CCC(=O)C(C)C2)c1. The summed E-state index contributed by atoms with van der Waals surface area (Å²) in [4.78, 5) is 36.5. The molecule has 0 aliphatic carbocycles. The summed E-state index contributed by atoms with van der Waals surface area (Å²) in [5.74, 6) is 0.0453. The van der Waals surface area contributed by atoms with Crippen LogP contribution in [0.15, 0.2) is 24.3 Å². The van der Waals surface area contributed by atoms with Gasteiger partial charge in [-0.2, -0.15) is 0 Å². The van der Waals surface area contributed by atoms with Crippen molar-refractivity contribution < 1.29 is 14.4 Å². The lowest BCUT2D eigenvalue weighted by molar-refractivity contribution is -0.124. The van der Waals surface area contributed by atoms with Gasteiger partial charge in [0.2, 0.25) is 0 Å². The molecule has 1 fully saturated rings. The second kappa shape index (κ2) is 5.86. The van der Waals surface area contributed by atoms with Gasteiger partial charge < -0.3 is 10.2 Å². The minimum absolute atomic E-state index is 0.0432. The Kier molecular flexibility index (Phi) is 4.17. The number of anilines is 1. The lowest BCUT2D eigenvalue weighted by Crippen LogP contribution is -2.45. The van der Waals surface area contributed by atoms with E-state index in [1.807, 2.05) is 6.92 Å². The molecule has 2 amide bonds. The number of hydrogen-bond donors (Lipinski definition) is 1. The predicted molar refractivity (Wildman–Crippen MR) is 75.8 cm³/mol. The second-order valence-electron chi connectivity index (χ2n) is 5.13. The number of urea groups is 1. The summed E-state index contributed by atoms with van der Waals surface area (Å²) in [6.45, 7) is 4.20. The fraction of sp³-hybridized carbons (Fsp3) is 0.400. The molecule has 1 aromatic rings. The fourth-order valence-electron chi connectivity index (χ4n) is 2.22. The summed E-state index contributed by atoms with van der Waals surface area (Å²) in [7, 11) is 0. The number of carbonyl (C=O) groups excluding carboxylic acids is 3. The van der Waals surface area contributed by atoms with E-state index in [-0.39, 0.29) is 23.5 Å². The molecule has 5 heteroatoms. The van der Waals surface area contributed by atoms with Crippen LogP contribution in [0.2, 0.25) is 0 Å². The van der Waals surface area contributed by atoms with Crippen LogP contribution in [0.1, 0.15) is 30.6 Å². The van der Waals surface area contributed by atoms with Gasteiger partial charge >= 0.3 is 6.03 Å². The average molecular weight is 274 g/mol. The van der Waals surface area contributed by atoms with E-state index in [1.54, 1.807) is 29.2 Å². The number of piperidine rings is 1. The molecule has 1 aliphatic rings. The Morgan fingerprint density at radius 2 is 2.10 bits per heavy atom. The van der Waals surface area contributed by atoms with E-state index in [1.165, 1.54) is 6.92 Å². The van der Waals surface area contributed by atoms with Crippen LogP contribution < -0.4 is 5.32 Å². The van der Waals surface area contributed by atoms with Crippen LogP contribution in [0.5, 0.6) is 0 Å². The van der Waals surface area contributed by atoms with Crippen molar-refractivity contribution in [1.29, 1.82) is 0 Å². The van der Waals surface area contributed by atoms with Gasteiger partial charge in [-0.3, -0.25) is 9.59 Å². The van der Waals surface area contributed by atoms with E-state index in [0.29, 0.717) is 30.8 Å². The van der Waals surface area contributed by atoms with Crippen LogP contribution in [-0.4, -0.2) is 35.6 Å². The summed E-state index contributed by atoms with van der Waals surface area (Å²) < 4.78 is 0. The van der Waals surface area contributed by atoms with Crippen LogP contribution in [0.4, 0.5) is 10.5 Å². The maximum atomic E-state index is 12.1. The Morgan fingerprint density at radius 3 is 2.75 bits per heavy atom. The van der Waals surface area contributed by atoms with Crippen molar-refractivity contribution in [1.82, 2.24) is 4.90 Å². The lowest BCUT2D eigenvalue weighted by Gasteiger charge is -2.30. The molecular weight excluding hydrogens is 256 g/mol. The van der Waals surface area contributed by atoms with E-state index < -0.39 is 0 Å². The number of hydrogen-bond acceptors (Lipinski definition) is 3. The van der Waals surface area contributed by atoms with E-state index in [0.717, 1.165) is 0 Å². The zero-order chi connectivity index (χ0) is 14.7. The summed E-state index contributed by atoms with van der Waals surface area (Å²) in [5, 5.41) is 2.77. The van der Waals surface area contributed by atoms with Crippen molar-refractivity contribution in [3.63, 3.8) is 0 Å². The summed E-state index contributed by atoms with van der Waals surface area (Å²) in [5.41, 5.74) is 1.15. The third-order valence-electron chi connectivity index (χ3n) is 3.48. The minimum Gasteiger partial charge on any atom is -0.323 e. The lowest BCUT2D eigenvalue weighted by atomic mass is 9.99. The van der Waals surface area contributed by atoms with Crippen molar-refractivity contribution in [2.45, 2.75) is 20.3 Å². The number of nitrogens with one attached hydrogen (secondary N) is 1. The van der Waals surface area contributed by atoms with Crippen LogP contribution in [0, 0.1) is 5.92 Å². The Labute approximate surface area is 118 Å². The maximum absolute atomic E-state index is 12.1. The number of nitrogens with zero attached hydrogens (tertiary/aromatic N) is 1. The van der Waals surface area contributed by atoms with E-state index in [9.17, 15) is 14.4 Å². The molecule has 1 aliphatic heterocycles. The molecule has 1 unspecified atom stereocenters. The topological polar surface area (TPSA) is 66.5 Å². The van der Waals surface area contributed by atoms with Crippen molar-refractivity contribution in [3.05, 3.63) is 29.8 Å². The van der Waals surface area contributed by atoms with Crippen molar-refractivity contribution >= 4 is 23.3 Å². The van der Waals surface area contributed by atoms with Gasteiger partial charge in [0.15, 0.2) is 5.78 Å². The third kappa shape index (κ3) is 3.23. The molecule has 0 saturated carbocycles. The Balaban J connectivity index is 2.03. The molecule has 5 nitrogen and oxygen atoms in total. The third-order valence-corrected chi connectivity index (χ3v) is 3.48. The highest BCUT2D eigenvalue weighted by atomic mass is 16.2. The number of rotatable bonds is 2. The maximum Gasteiger partial charge on any atom is 0.321 e. The van der Waals surface area contributed by atoms with Crippen molar-refractivity contribution in [3.8, 4) is 0 Å². The first kappa shape index (κ1) is 14.2. The van der Waals surface area contributed by atoms with Gasteiger partial charge in [-0.25, -0.2) is 4.79 Å². The Hall–Kier alpha value is -2.17. The van der Waals surface area contributed by atoms with Crippen molar-refractivity contribution in [2.75, 3.05) is 18.4 Å². The second-order valence-corrected chi connectivity index (χ2v) is 5.13. The highest BCUT2D eigenvalue weighted by Gasteiger charge is 2.26. The highest BCUT2D eigenvalue weighted by Crippen LogP contribution is 2.16. The first-order chi connectivity index (χ1) is 9.47. The molecule has 0 aromatic heterocycles. The normalized spacial score (nSPS) is 18.8. The zero-order valence-electron chi connectivity index (χ0n) is 11.7. The molecule has 1 heterocycles. The number of Topliss-reactive ketones (excluding diaryl/α,β-unsaturated/α-hetero) is 2. The molecule has 1 atom stereocenters. The molecular formula is C15H18N2O3. The number of amides is 2. The monoisotopic (exact) mass is 274 g/mol. The molecule has 106 valence electrons. The molecule has 1 aromatic carbocycles. The minimum atomic E-state index is -0.231. The van der Waals surface area contributed by atoms with Gasteiger partial charge in [0, 0.05) is 36.7 Å². The van der Waals surface area contributed by atoms with Gasteiger partial charge in [0.05, 0.1) is 0 Å². The fourth-order valence-corrected chi connectivity index (χ4v) is 2.22. The van der Waals surface area contributed by atoms with E-state index >= 15 is 0 Å². The zero-order valence-corrected chi connectivity index (χ0v) is 11.7. The van der Waals surface area contributed by atoms with Gasteiger partial charge in [-0.15, -0.1) is 0 Å². The van der Waals surface area contributed by atoms with Gasteiger partial charge in [0.1, 0.15) is 5.78 Å². The quantitative estimate of drug-likeness (QED) is 0.842. The predicted octanol–water partition coefficient (Wildman–Crippen LogP) is 2.33. The molecule has 0 spiro atoms. The standard InChI is InChI=1S/C15H18N2O3/c1-10-9-17(7-6-14(10)19)15(20)16-13-5-3-4-12(8-13)11(2)18/h3-5,8,10H,6-7,9H2,1-2H3,(H,16,20). The van der Waals surface area contributed by atoms with Crippen LogP contribution >= 0.6 is 0 Å². The highest BCUT2D eigenvalue weighted by molar-refractivity contribution is 5.97. The smallest absolute Gasteiger partial charge is 0.321 e. The van der Waals surface area contributed by atoms with E-state index in [2.05, 4.69) is 5.32 Å². The largest absolute Gasteiger partial charge is 0.323 e. The molecule has 1 saturated heterocycles. The van der Waals surface area contributed by atoms with E-state index in [4.69, 9.17) is 0 Å². The van der Waals surface area contributed by atoms with Crippen molar-refractivity contribution in [2.24, 2.45) is 5.92 Å². The molecule has 2 rings (SSSR count). The average Bonchev–Trinajstić information content (AvgIpc) is 2.42. The number of benzene rings is 1. The van der Waals surface area contributed by atoms with Crippen LogP contribution in [0.3, 0.4) is 0 Å². The number of carbonyl (C=O) groups is 3. The first-order valence-electron chi connectivity index (χ1n) is 6.67. The van der Waals surface area contributed by atoms with Gasteiger partial charge in [0.25, 0.3) is 0 Å². The van der Waals surface area contributed by atoms with Crippen LogP contribution in [-0.2, 0) is 4.79 Å². The van der Waals surface area contributed by atoms with Gasteiger partial charge in [-0.1, -0.05) is 19.1 Å². The number of likely N-dealkylation sites (tertiary alicyclic amines) is 1. The molecule has 1 N–H and O–H groups in total. The number of ketones is 2. The summed E-state index contributed by atoms with van der Waals surface area (Å²) in [6.07, 6.45) is 0.405. The molecule has 0 radical (unpaired) electrons. The summed E-state index contributed by atoms with van der Waals surface area (Å²) in [6, 6.07) is 6.60. The molecule has 0 bridgehead atoms. The van der Waals surface area contributed by atoms with Gasteiger partial charge in [-0.05, 0) is 19.1 Å². The van der Waals surface area contributed by atoms with Crippen LogP contribution in [0.25, 0.3) is 0 Å². The molecule has 20 heavy (non-hydrogen) atoms. The summed E-state index contributed by atoms with van der Waals surface area (Å²) >= 11 is 0. The Morgan fingerprint density at radius 1 is 1.35 bits per heavy atom.